The zero-order chi connectivity index (χ0) is 24.7. The number of aryl methyl sites for hydroxylation is 1. The Labute approximate surface area is 216 Å². The molecule has 2 nitrogen and oxygen atoms in total. The van der Waals surface area contributed by atoms with Gasteiger partial charge in [-0.05, 0) is 55.1 Å². The first kappa shape index (κ1) is 28.5. The highest BCUT2D eigenvalue weighted by molar-refractivity contribution is 5.20. The van der Waals surface area contributed by atoms with Crippen molar-refractivity contribution < 1.29 is 9.13 Å². The van der Waals surface area contributed by atoms with Crippen LogP contribution in [0.25, 0.3) is 0 Å². The highest BCUT2D eigenvalue weighted by Crippen LogP contribution is 2.38. The fourth-order valence-corrected chi connectivity index (χ4v) is 6.56. The topological polar surface area (TPSA) is 22.1 Å². The van der Waals surface area contributed by atoms with Crippen molar-refractivity contribution >= 4 is 0 Å². The van der Waals surface area contributed by atoms with Gasteiger partial charge in [-0.25, -0.2) is 4.39 Å². The zero-order valence-corrected chi connectivity index (χ0v) is 23.0. The Morgan fingerprint density at radius 2 is 1.37 bits per heavy atom. The van der Waals surface area contributed by atoms with E-state index < -0.39 is 6.17 Å². The molecule has 3 heteroatoms. The van der Waals surface area contributed by atoms with Gasteiger partial charge in [0.15, 0.2) is 0 Å². The van der Waals surface area contributed by atoms with Crippen LogP contribution in [-0.4, -0.2) is 17.8 Å². The van der Waals surface area contributed by atoms with Crippen LogP contribution in [0.15, 0.2) is 18.3 Å². The maximum Gasteiger partial charge on any atom is 0.137 e. The number of hydrogen-bond donors (Lipinski definition) is 0. The zero-order valence-electron chi connectivity index (χ0n) is 23.0. The molecule has 0 saturated heterocycles. The molecule has 1 aromatic rings. The van der Waals surface area contributed by atoms with E-state index in [9.17, 15) is 4.39 Å². The fourth-order valence-electron chi connectivity index (χ4n) is 6.56. The molecule has 0 aromatic carbocycles. The van der Waals surface area contributed by atoms with Crippen LogP contribution in [0.2, 0.25) is 0 Å². The maximum atomic E-state index is 14.0. The van der Waals surface area contributed by atoms with E-state index in [1.807, 2.05) is 6.07 Å². The quantitative estimate of drug-likeness (QED) is 0.216. The number of halogens is 1. The predicted octanol–water partition coefficient (Wildman–Crippen LogP) is 9.89. The van der Waals surface area contributed by atoms with Crippen molar-refractivity contribution in [2.75, 3.05) is 6.61 Å². The molecule has 0 amide bonds. The molecule has 3 rings (SSSR count). The summed E-state index contributed by atoms with van der Waals surface area (Å²) in [6.07, 6.45) is 25.8. The number of unbranched alkanes of at least 4 members (excludes halogenated alkanes) is 3. The Morgan fingerprint density at radius 3 is 1.91 bits per heavy atom. The predicted molar refractivity (Wildman–Crippen MR) is 147 cm³/mol. The monoisotopic (exact) mass is 487 g/mol. The van der Waals surface area contributed by atoms with Gasteiger partial charge in [0.25, 0.3) is 0 Å². The Balaban J connectivity index is 1.23. The first-order valence-electron chi connectivity index (χ1n) is 15.4. The van der Waals surface area contributed by atoms with Crippen LogP contribution in [-0.2, 0) is 6.42 Å². The van der Waals surface area contributed by atoms with Gasteiger partial charge in [-0.2, -0.15) is 0 Å². The largest absolute Gasteiger partial charge is 0.489 e. The fraction of sp³-hybridized carbons (Fsp3) is 0.844. The van der Waals surface area contributed by atoms with Crippen LogP contribution >= 0.6 is 0 Å². The molecular formula is C32H54FNO. The van der Waals surface area contributed by atoms with Crippen molar-refractivity contribution in [3.05, 3.63) is 24.0 Å². The second-order valence-corrected chi connectivity index (χ2v) is 11.9. The second-order valence-electron chi connectivity index (χ2n) is 11.9. The van der Waals surface area contributed by atoms with Gasteiger partial charge in [-0.1, -0.05) is 117 Å². The minimum Gasteiger partial charge on any atom is -0.489 e. The lowest BCUT2D eigenvalue weighted by molar-refractivity contribution is 0.183. The Kier molecular flexibility index (Phi) is 13.5. The van der Waals surface area contributed by atoms with E-state index in [2.05, 4.69) is 24.9 Å². The average molecular weight is 488 g/mol. The van der Waals surface area contributed by atoms with Crippen LogP contribution in [0, 0.1) is 23.7 Å². The van der Waals surface area contributed by atoms with Gasteiger partial charge >= 0.3 is 0 Å². The molecule has 2 aliphatic rings. The van der Waals surface area contributed by atoms with Gasteiger partial charge in [-0.15, -0.1) is 0 Å². The number of alkyl halides is 1. The van der Waals surface area contributed by atoms with Crippen LogP contribution < -0.4 is 4.74 Å². The van der Waals surface area contributed by atoms with Crippen LogP contribution in [0.1, 0.15) is 135 Å². The van der Waals surface area contributed by atoms with Crippen molar-refractivity contribution in [2.24, 2.45) is 23.7 Å². The number of nitrogens with zero attached hydrogens (tertiary/aromatic N) is 1. The van der Waals surface area contributed by atoms with Crippen molar-refractivity contribution in [1.29, 1.82) is 0 Å². The Morgan fingerprint density at radius 1 is 0.771 bits per heavy atom. The van der Waals surface area contributed by atoms with Crippen molar-refractivity contribution in [3.8, 4) is 5.75 Å². The van der Waals surface area contributed by atoms with Crippen LogP contribution in [0.5, 0.6) is 5.75 Å². The Hall–Kier alpha value is -1.12. The smallest absolute Gasteiger partial charge is 0.137 e. The molecule has 0 spiro atoms. The third kappa shape index (κ3) is 11.2. The number of aromatic nitrogens is 1. The molecule has 1 atom stereocenters. The average Bonchev–Trinajstić information content (AvgIpc) is 2.90. The van der Waals surface area contributed by atoms with Crippen molar-refractivity contribution in [3.63, 3.8) is 0 Å². The summed E-state index contributed by atoms with van der Waals surface area (Å²) in [7, 11) is 0. The van der Waals surface area contributed by atoms with E-state index in [0.717, 1.165) is 48.6 Å². The number of ether oxygens (including phenoxy) is 1. The lowest BCUT2D eigenvalue weighted by atomic mass is 9.74. The van der Waals surface area contributed by atoms with Gasteiger partial charge < -0.3 is 4.74 Å². The van der Waals surface area contributed by atoms with Crippen LogP contribution in [0.3, 0.4) is 0 Å². The first-order chi connectivity index (χ1) is 17.2. The third-order valence-electron chi connectivity index (χ3n) is 9.02. The van der Waals surface area contributed by atoms with Crippen molar-refractivity contribution in [1.82, 2.24) is 4.98 Å². The summed E-state index contributed by atoms with van der Waals surface area (Å²) in [5.74, 6) is 4.62. The number of pyridine rings is 1. The molecule has 1 heterocycles. The van der Waals surface area contributed by atoms with Gasteiger partial charge in [-0.3, -0.25) is 4.98 Å². The molecular weight excluding hydrogens is 433 g/mol. The summed E-state index contributed by atoms with van der Waals surface area (Å²) in [6.45, 7) is 4.67. The maximum absolute atomic E-state index is 14.0. The first-order valence-corrected chi connectivity index (χ1v) is 15.4. The molecule has 200 valence electrons. The van der Waals surface area contributed by atoms with Gasteiger partial charge in [0.1, 0.15) is 18.5 Å². The van der Waals surface area contributed by atoms with Gasteiger partial charge in [0.05, 0.1) is 6.20 Å². The molecule has 1 unspecified atom stereocenters. The second kappa shape index (κ2) is 16.6. The summed E-state index contributed by atoms with van der Waals surface area (Å²) in [6, 6.07) is 4.05. The molecule has 0 N–H and O–H groups in total. The lowest BCUT2D eigenvalue weighted by Crippen LogP contribution is -2.18. The summed E-state index contributed by atoms with van der Waals surface area (Å²) >= 11 is 0. The summed E-state index contributed by atoms with van der Waals surface area (Å²) < 4.78 is 19.6. The van der Waals surface area contributed by atoms with E-state index in [1.165, 1.54) is 96.3 Å². The van der Waals surface area contributed by atoms with E-state index in [4.69, 9.17) is 4.74 Å². The highest BCUT2D eigenvalue weighted by Gasteiger charge is 2.24. The molecule has 35 heavy (non-hydrogen) atoms. The van der Waals surface area contributed by atoms with Gasteiger partial charge in [0.2, 0.25) is 0 Å². The molecule has 2 fully saturated rings. The molecule has 2 aliphatic carbocycles. The molecule has 1 aromatic heterocycles. The standard InChI is InChI=1S/C32H54FNO/c1-3-5-6-7-9-30(33)25-35-32-23-22-31(34-24-32)21-20-29-18-16-28(17-19-29)15-14-27-12-10-26(8-4-2)11-13-27/h22-24,26-30H,3-21,25H2,1-2H3/t26-,27-,28?,29?,30?. The molecule has 2 saturated carbocycles. The number of rotatable bonds is 16. The molecule has 0 aliphatic heterocycles. The van der Waals surface area contributed by atoms with Gasteiger partial charge in [0, 0.05) is 5.69 Å². The normalized spacial score (nSPS) is 25.9. The summed E-state index contributed by atoms with van der Waals surface area (Å²) in [5, 5.41) is 0. The summed E-state index contributed by atoms with van der Waals surface area (Å²) in [4.78, 5) is 4.59. The van der Waals surface area contributed by atoms with Crippen LogP contribution in [0.4, 0.5) is 4.39 Å². The molecule has 0 bridgehead atoms. The van der Waals surface area contributed by atoms with E-state index in [0.29, 0.717) is 12.2 Å². The molecule has 0 radical (unpaired) electrons. The Bertz CT molecular complexity index is 646. The number of hydrogen-bond acceptors (Lipinski definition) is 2. The highest BCUT2D eigenvalue weighted by atomic mass is 19.1. The lowest BCUT2D eigenvalue weighted by Gasteiger charge is -2.32. The summed E-state index contributed by atoms with van der Waals surface area (Å²) in [5.41, 5.74) is 1.15. The van der Waals surface area contributed by atoms with Crippen molar-refractivity contribution in [2.45, 2.75) is 142 Å². The third-order valence-corrected chi connectivity index (χ3v) is 9.02. The van der Waals surface area contributed by atoms with E-state index >= 15 is 0 Å². The van der Waals surface area contributed by atoms with E-state index in [1.54, 1.807) is 6.20 Å². The SMILES string of the molecule is CCCCCCC(F)COc1ccc(CCC2CCC(CC[C@H]3CC[C@H](CCC)CC3)CC2)nc1. The van der Waals surface area contributed by atoms with E-state index in [-0.39, 0.29) is 6.61 Å². The minimum absolute atomic E-state index is 0.149. The minimum atomic E-state index is -0.873.